The van der Waals surface area contributed by atoms with Crippen molar-refractivity contribution in [1.29, 1.82) is 0 Å². The number of carbonyl (C=O) groups excluding carboxylic acids is 16. The minimum atomic E-state index is -1.79. The Morgan fingerprint density at radius 3 is 0.347 bits per heavy atom. The highest BCUT2D eigenvalue weighted by Crippen LogP contribution is 2.31. The fraction of sp³-hybridized carbons (Fsp3) is 0.792. The number of hydrogen-bond acceptors (Lipinski definition) is 44. The van der Waals surface area contributed by atoms with Gasteiger partial charge in [-0.25, -0.2) is 0 Å². The van der Waals surface area contributed by atoms with Gasteiger partial charge in [0.05, 0.1) is 124 Å². The molecule has 0 aromatic heterocycles. The van der Waals surface area contributed by atoms with Crippen LogP contribution in [0.3, 0.4) is 0 Å². The van der Waals surface area contributed by atoms with E-state index in [9.17, 15) is 76.7 Å². The van der Waals surface area contributed by atoms with Crippen LogP contribution in [0.25, 0.3) is 0 Å². The molecule has 44 heteroatoms. The number of rotatable bonds is 76. The van der Waals surface area contributed by atoms with Crippen molar-refractivity contribution in [3.8, 4) is 0 Å². The summed E-state index contributed by atoms with van der Waals surface area (Å²) >= 11 is 37.3. The van der Waals surface area contributed by atoms with E-state index in [1.807, 2.05) is 0 Å². The van der Waals surface area contributed by atoms with Crippen LogP contribution in [0.4, 0.5) is 0 Å². The summed E-state index contributed by atoms with van der Waals surface area (Å²) in [4.78, 5) is 206. The van der Waals surface area contributed by atoms with Crippen LogP contribution in [0.15, 0.2) is 0 Å². The van der Waals surface area contributed by atoms with Crippen LogP contribution in [-0.2, 0) is 153 Å². The molecular weight excluding hydrogens is 1820 g/mol. The number of esters is 16. The lowest BCUT2D eigenvalue weighted by Gasteiger charge is -2.31. The molecule has 0 bridgehead atoms. The normalized spacial score (nSPS) is 11.5. The van der Waals surface area contributed by atoms with E-state index in [0.717, 1.165) is 0 Å². The van der Waals surface area contributed by atoms with Gasteiger partial charge >= 0.3 is 95.5 Å². The number of thioether (sulfide) groups is 4. The van der Waals surface area contributed by atoms with E-state index < -0.39 is 149 Å². The average molecular weight is 1950 g/mol. The quantitative estimate of drug-likeness (QED) is 0.0122. The zero-order valence-electron chi connectivity index (χ0n) is 69.5. The summed E-state index contributed by atoms with van der Waals surface area (Å²) < 4.78 is 88.9. The van der Waals surface area contributed by atoms with Crippen molar-refractivity contribution >= 4 is 244 Å². The van der Waals surface area contributed by atoms with Crippen molar-refractivity contribution in [2.75, 3.05) is 198 Å². The first kappa shape index (κ1) is 117. The molecule has 0 unspecified atom stereocenters. The average Bonchev–Trinajstić information content (AvgIpc) is 0.770. The molecule has 0 rings (SSSR count). The predicted molar refractivity (Wildman–Crippen MR) is 483 cm³/mol. The minimum absolute atomic E-state index is 0.0188. The molecule has 0 saturated carbocycles. The molecular formula is C77H124O32S12. The highest BCUT2D eigenvalue weighted by atomic mass is 32.2. The first-order chi connectivity index (χ1) is 57.9. The first-order valence-corrected chi connectivity index (χ1v) is 49.2. The third-order valence-corrected chi connectivity index (χ3v) is 23.5. The standard InChI is InChI=1S/C77H124O32S12/c1-5-73(41-94-57(78)9-25-110,42-95-58(79)10-26-111)49-102-65(86)17-33-118-37-21-69(90)106-53-77(54-107-70(91)22-38-119-34-18-66(87)103-50-74(6-2,43-96-59(80)11-27-112)44-97-60(81)12-28-113,55-108-71(92)23-39-120-35-19-67(88)104-51-75(7-3,45-98-61(82)13-29-114)46-99-62(83)14-30-115)56-109-72(93)24-40-121-36-20-68(89)105-52-76(8-4,47-100-63(84)15-31-116)48-101-64(85)16-32-117/h110-117H,5-56H2,1-4H3. The zero-order valence-corrected chi connectivity index (χ0v) is 80.0. The lowest BCUT2D eigenvalue weighted by Crippen LogP contribution is -2.44. The Morgan fingerprint density at radius 2 is 0.256 bits per heavy atom. The lowest BCUT2D eigenvalue weighted by atomic mass is 9.88. The molecule has 0 aromatic rings. The SMILES string of the molecule is CCC(COC(=O)CCS)(COC(=O)CCS)COC(=O)CCSCCC(=O)OCC(COC(=O)CCSCCC(=O)OCC(CC)(COC(=O)CCS)COC(=O)CCS)(COC(=O)CCSCCC(=O)OCC(CC)(COC(=O)CCS)COC(=O)CCS)COC(=O)CCSCCC(=O)OCC(CC)(COC(=O)CCS)COC(=O)CCS. The molecule has 121 heavy (non-hydrogen) atoms. The van der Waals surface area contributed by atoms with Gasteiger partial charge in [0.2, 0.25) is 0 Å². The Balaban J connectivity index is 6.95. The molecule has 0 saturated heterocycles. The number of hydrogen-bond donors (Lipinski definition) is 8. The Morgan fingerprint density at radius 1 is 0.165 bits per heavy atom. The van der Waals surface area contributed by atoms with E-state index in [2.05, 4.69) is 101 Å². The largest absolute Gasteiger partial charge is 0.465 e. The van der Waals surface area contributed by atoms with Crippen LogP contribution in [0.2, 0.25) is 0 Å². The molecule has 0 aliphatic carbocycles. The molecule has 0 radical (unpaired) electrons. The number of thiol groups is 8. The molecule has 0 fully saturated rings. The zero-order chi connectivity index (χ0) is 90.6. The molecule has 0 atom stereocenters. The van der Waals surface area contributed by atoms with E-state index in [0.29, 0.717) is 25.7 Å². The molecule has 0 N–H and O–H groups in total. The maximum Gasteiger partial charge on any atom is 0.306 e. The summed E-state index contributed by atoms with van der Waals surface area (Å²) in [6.45, 7) is 1.58. The van der Waals surface area contributed by atoms with E-state index in [-0.39, 0.29) is 274 Å². The van der Waals surface area contributed by atoms with E-state index >= 15 is 0 Å². The Kier molecular flexibility index (Phi) is 69.2. The Hall–Kier alpha value is -4.28. The second-order valence-corrected chi connectivity index (χ2v) is 36.2. The predicted octanol–water partition coefficient (Wildman–Crippen LogP) is 8.86. The second kappa shape index (κ2) is 71.7. The molecule has 0 aliphatic heterocycles. The maximum atomic E-state index is 13.7. The smallest absolute Gasteiger partial charge is 0.306 e. The van der Waals surface area contributed by atoms with Gasteiger partial charge in [0.25, 0.3) is 0 Å². The van der Waals surface area contributed by atoms with Crippen LogP contribution in [0, 0.1) is 27.1 Å². The molecule has 0 amide bonds. The van der Waals surface area contributed by atoms with Crippen LogP contribution in [0.1, 0.15) is 156 Å². The summed E-state index contributed by atoms with van der Waals surface area (Å²) in [5.74, 6) is -7.25. The summed E-state index contributed by atoms with van der Waals surface area (Å²) in [7, 11) is 0. The third kappa shape index (κ3) is 58.7. The van der Waals surface area contributed by atoms with Gasteiger partial charge in [0, 0.05) is 92.0 Å². The fourth-order valence-electron chi connectivity index (χ4n) is 9.25. The van der Waals surface area contributed by atoms with Gasteiger partial charge in [-0.2, -0.15) is 148 Å². The van der Waals surface area contributed by atoms with Crippen molar-refractivity contribution in [1.82, 2.24) is 0 Å². The van der Waals surface area contributed by atoms with Crippen LogP contribution in [0.5, 0.6) is 0 Å². The summed E-state index contributed by atoms with van der Waals surface area (Å²) in [5.41, 5.74) is -6.07. The van der Waals surface area contributed by atoms with Crippen LogP contribution in [-0.4, -0.2) is 293 Å². The van der Waals surface area contributed by atoms with Gasteiger partial charge in [-0.05, 0) is 25.7 Å². The Labute approximate surface area is 771 Å². The third-order valence-electron chi connectivity index (χ3n) is 17.8. The van der Waals surface area contributed by atoms with Gasteiger partial charge < -0.3 is 75.8 Å². The van der Waals surface area contributed by atoms with Gasteiger partial charge in [0.1, 0.15) is 111 Å². The highest BCUT2D eigenvalue weighted by molar-refractivity contribution is 8.00. The van der Waals surface area contributed by atoms with E-state index in [4.69, 9.17) is 75.8 Å². The second-order valence-electron chi connectivity index (χ2n) is 27.7. The fourth-order valence-corrected chi connectivity index (χ4v) is 14.0. The number of ether oxygens (including phenoxy) is 16. The van der Waals surface area contributed by atoms with Gasteiger partial charge in [-0.1, -0.05) is 27.7 Å². The van der Waals surface area contributed by atoms with Crippen molar-refractivity contribution in [3.63, 3.8) is 0 Å². The molecule has 696 valence electrons. The molecule has 0 aliphatic rings. The molecule has 0 spiro atoms. The monoisotopic (exact) mass is 1940 g/mol. The molecule has 0 heterocycles. The van der Waals surface area contributed by atoms with Gasteiger partial charge in [-0.15, -0.1) is 0 Å². The summed E-state index contributed by atoms with van der Waals surface area (Å²) in [6.07, 6.45) is -0.218. The van der Waals surface area contributed by atoms with Crippen LogP contribution < -0.4 is 0 Å². The summed E-state index contributed by atoms with van der Waals surface area (Å²) in [6, 6.07) is 0. The summed E-state index contributed by atoms with van der Waals surface area (Å²) in [5, 5.41) is 0. The van der Waals surface area contributed by atoms with E-state index in [1.165, 1.54) is 47.0 Å². The van der Waals surface area contributed by atoms with E-state index in [1.54, 1.807) is 27.7 Å². The van der Waals surface area contributed by atoms with Crippen molar-refractivity contribution in [3.05, 3.63) is 0 Å². The maximum absolute atomic E-state index is 13.7. The van der Waals surface area contributed by atoms with Crippen LogP contribution >= 0.6 is 148 Å². The van der Waals surface area contributed by atoms with Crippen molar-refractivity contribution in [2.24, 2.45) is 27.1 Å². The van der Waals surface area contributed by atoms with Gasteiger partial charge in [-0.3, -0.25) is 76.7 Å². The minimum Gasteiger partial charge on any atom is -0.465 e. The van der Waals surface area contributed by atoms with Gasteiger partial charge in [0.15, 0.2) is 0 Å². The highest BCUT2D eigenvalue weighted by Gasteiger charge is 2.41. The molecule has 32 nitrogen and oxygen atoms in total. The molecule has 0 aromatic carbocycles. The number of carbonyl (C=O) groups is 16. The lowest BCUT2D eigenvalue weighted by molar-refractivity contribution is -0.171. The van der Waals surface area contributed by atoms with Crippen molar-refractivity contribution < 1.29 is 153 Å². The first-order valence-electron chi connectivity index (χ1n) is 39.5. The Bertz CT molecular complexity index is 2610. The topological polar surface area (TPSA) is 421 Å². The van der Waals surface area contributed by atoms with Crippen molar-refractivity contribution in [2.45, 2.75) is 156 Å².